The quantitative estimate of drug-likeness (QED) is 0.556. The smallest absolute Gasteiger partial charge is 0.322 e. The molecule has 1 aliphatic heterocycles. The van der Waals surface area contributed by atoms with E-state index in [2.05, 4.69) is 14.1 Å². The lowest BCUT2D eigenvalue weighted by atomic mass is 10.2. The molecule has 1 atom stereocenters. The van der Waals surface area contributed by atoms with Crippen LogP contribution in [0.4, 0.5) is 0 Å². The second kappa shape index (κ2) is 2.57. The standard InChI is InChI=1S/C6H8N4O2S/c7-6-5(4-2-1-3-8-4)9-13(11,12)10-6/h1-3,5,8-9H,(H2,7,10). The minimum Gasteiger partial charge on any atom is -0.385 e. The summed E-state index contributed by atoms with van der Waals surface area (Å²) in [5, 5.41) is 0. The van der Waals surface area contributed by atoms with Gasteiger partial charge in [0.1, 0.15) is 11.9 Å². The molecule has 0 aromatic carbocycles. The van der Waals surface area contributed by atoms with Gasteiger partial charge in [-0.15, -0.1) is 4.40 Å². The van der Waals surface area contributed by atoms with Crippen LogP contribution in [-0.2, 0) is 10.2 Å². The van der Waals surface area contributed by atoms with Gasteiger partial charge in [0.05, 0.1) is 0 Å². The zero-order valence-electron chi connectivity index (χ0n) is 6.56. The number of hydrogen-bond acceptors (Lipinski definition) is 3. The summed E-state index contributed by atoms with van der Waals surface area (Å²) < 4.78 is 27.5. The molecule has 1 aliphatic rings. The van der Waals surface area contributed by atoms with E-state index >= 15 is 0 Å². The molecule has 4 N–H and O–H groups in total. The van der Waals surface area contributed by atoms with Crippen LogP contribution in [0, 0.1) is 0 Å². The van der Waals surface area contributed by atoms with E-state index in [4.69, 9.17) is 5.73 Å². The molecule has 1 aromatic rings. The summed E-state index contributed by atoms with van der Waals surface area (Å²) >= 11 is 0. The van der Waals surface area contributed by atoms with Crippen LogP contribution in [0.3, 0.4) is 0 Å². The van der Waals surface area contributed by atoms with Crippen LogP contribution >= 0.6 is 0 Å². The summed E-state index contributed by atoms with van der Waals surface area (Å²) in [5.74, 6) is 0.0578. The molecule has 6 nitrogen and oxygen atoms in total. The summed E-state index contributed by atoms with van der Waals surface area (Å²) in [7, 11) is -3.58. The lowest BCUT2D eigenvalue weighted by molar-refractivity contribution is 0.584. The zero-order valence-corrected chi connectivity index (χ0v) is 7.38. The van der Waals surface area contributed by atoms with Gasteiger partial charge in [0.25, 0.3) is 0 Å². The third-order valence-corrected chi connectivity index (χ3v) is 2.71. The monoisotopic (exact) mass is 200 g/mol. The van der Waals surface area contributed by atoms with Gasteiger partial charge >= 0.3 is 10.2 Å². The van der Waals surface area contributed by atoms with E-state index in [1.165, 1.54) is 0 Å². The first kappa shape index (κ1) is 8.27. The number of H-pyrrole nitrogens is 1. The fourth-order valence-corrected chi connectivity index (χ4v) is 2.15. The molecule has 0 amide bonds. The van der Waals surface area contributed by atoms with Crippen LogP contribution < -0.4 is 10.5 Å². The number of nitrogens with zero attached hydrogens (tertiary/aromatic N) is 1. The van der Waals surface area contributed by atoms with E-state index in [-0.39, 0.29) is 5.84 Å². The van der Waals surface area contributed by atoms with Crippen molar-refractivity contribution >= 4 is 16.0 Å². The lowest BCUT2D eigenvalue weighted by Crippen LogP contribution is -2.28. The zero-order chi connectivity index (χ0) is 9.47. The highest BCUT2D eigenvalue weighted by atomic mass is 32.2. The average molecular weight is 200 g/mol. The molecule has 7 heteroatoms. The Morgan fingerprint density at radius 2 is 2.31 bits per heavy atom. The predicted octanol–water partition coefficient (Wildman–Crippen LogP) is -0.739. The first-order chi connectivity index (χ1) is 6.08. The van der Waals surface area contributed by atoms with Crippen molar-refractivity contribution < 1.29 is 8.42 Å². The minimum absolute atomic E-state index is 0.0578. The molecule has 0 saturated heterocycles. The molecule has 1 aromatic heterocycles. The van der Waals surface area contributed by atoms with Gasteiger partial charge in [-0.05, 0) is 12.1 Å². The molecule has 2 rings (SSSR count). The van der Waals surface area contributed by atoms with E-state index < -0.39 is 16.3 Å². The molecule has 2 heterocycles. The van der Waals surface area contributed by atoms with Crippen molar-refractivity contribution in [2.45, 2.75) is 6.04 Å². The van der Waals surface area contributed by atoms with Gasteiger partial charge in [0.15, 0.2) is 0 Å². The van der Waals surface area contributed by atoms with Crippen LogP contribution in [0.2, 0.25) is 0 Å². The van der Waals surface area contributed by atoms with Crippen molar-refractivity contribution in [1.82, 2.24) is 9.71 Å². The van der Waals surface area contributed by atoms with Gasteiger partial charge in [-0.1, -0.05) is 0 Å². The number of nitrogens with one attached hydrogen (secondary N) is 2. The van der Waals surface area contributed by atoms with Gasteiger partial charge in [-0.2, -0.15) is 13.1 Å². The molecule has 13 heavy (non-hydrogen) atoms. The second-order valence-corrected chi connectivity index (χ2v) is 4.04. The van der Waals surface area contributed by atoms with E-state index in [1.807, 2.05) is 0 Å². The fourth-order valence-electron chi connectivity index (χ4n) is 1.17. The molecule has 0 radical (unpaired) electrons. The maximum Gasteiger partial charge on any atom is 0.322 e. The Hall–Kier alpha value is -1.34. The molecule has 0 spiro atoms. The number of aromatic nitrogens is 1. The van der Waals surface area contributed by atoms with Gasteiger partial charge in [-0.3, -0.25) is 0 Å². The molecule has 0 bridgehead atoms. The molecular weight excluding hydrogens is 192 g/mol. The lowest BCUT2D eigenvalue weighted by Gasteiger charge is -2.05. The molecule has 1 unspecified atom stereocenters. The molecule has 0 saturated carbocycles. The molecule has 0 aliphatic carbocycles. The summed E-state index contributed by atoms with van der Waals surface area (Å²) in [5.41, 5.74) is 6.12. The highest BCUT2D eigenvalue weighted by Crippen LogP contribution is 2.17. The Bertz CT molecular complexity index is 433. The SMILES string of the molecule is NC1=NS(=O)(=O)NC1c1ccc[nH]1. The maximum absolute atomic E-state index is 11.0. The highest BCUT2D eigenvalue weighted by molar-refractivity contribution is 7.88. The van der Waals surface area contributed by atoms with E-state index in [0.29, 0.717) is 5.69 Å². The second-order valence-electron chi connectivity index (χ2n) is 2.67. The van der Waals surface area contributed by atoms with Crippen molar-refractivity contribution in [3.63, 3.8) is 0 Å². The van der Waals surface area contributed by atoms with Gasteiger partial charge in [-0.25, -0.2) is 0 Å². The first-order valence-electron chi connectivity index (χ1n) is 3.59. The minimum atomic E-state index is -3.58. The Balaban J connectivity index is 2.37. The van der Waals surface area contributed by atoms with Crippen molar-refractivity contribution in [2.24, 2.45) is 10.1 Å². The third kappa shape index (κ3) is 1.43. The maximum atomic E-state index is 11.0. The number of nitrogens with two attached hydrogens (primary N) is 1. The van der Waals surface area contributed by atoms with E-state index in [9.17, 15) is 8.42 Å². The van der Waals surface area contributed by atoms with E-state index in [1.54, 1.807) is 18.3 Å². The van der Waals surface area contributed by atoms with E-state index in [0.717, 1.165) is 0 Å². The van der Waals surface area contributed by atoms with Crippen LogP contribution in [0.15, 0.2) is 22.7 Å². The van der Waals surface area contributed by atoms with Crippen LogP contribution in [0.1, 0.15) is 11.7 Å². The molecular formula is C6H8N4O2S. The number of rotatable bonds is 1. The largest absolute Gasteiger partial charge is 0.385 e. The van der Waals surface area contributed by atoms with Crippen LogP contribution in [-0.4, -0.2) is 19.2 Å². The Morgan fingerprint density at radius 1 is 1.54 bits per heavy atom. The summed E-state index contributed by atoms with van der Waals surface area (Å²) in [6, 6.07) is 2.94. The Morgan fingerprint density at radius 3 is 2.77 bits per heavy atom. The van der Waals surface area contributed by atoms with Gasteiger partial charge in [0, 0.05) is 11.9 Å². The van der Waals surface area contributed by atoms with Crippen molar-refractivity contribution in [3.8, 4) is 0 Å². The molecule has 0 fully saturated rings. The van der Waals surface area contributed by atoms with Crippen LogP contribution in [0.25, 0.3) is 0 Å². The summed E-state index contributed by atoms with van der Waals surface area (Å²) in [6.07, 6.45) is 1.69. The van der Waals surface area contributed by atoms with Gasteiger partial charge in [0.2, 0.25) is 0 Å². The number of aromatic amines is 1. The third-order valence-electron chi connectivity index (χ3n) is 1.72. The first-order valence-corrected chi connectivity index (χ1v) is 5.03. The predicted molar refractivity (Wildman–Crippen MR) is 47.2 cm³/mol. The van der Waals surface area contributed by atoms with Crippen molar-refractivity contribution in [1.29, 1.82) is 0 Å². The topological polar surface area (TPSA) is 100 Å². The average Bonchev–Trinajstić information content (AvgIpc) is 2.56. The fraction of sp³-hybridized carbons (Fsp3) is 0.167. The highest BCUT2D eigenvalue weighted by Gasteiger charge is 2.30. The number of amidine groups is 1. The Kier molecular flexibility index (Phi) is 1.64. The number of hydrogen-bond donors (Lipinski definition) is 3. The summed E-state index contributed by atoms with van der Waals surface area (Å²) in [4.78, 5) is 2.86. The van der Waals surface area contributed by atoms with Crippen LogP contribution in [0.5, 0.6) is 0 Å². The summed E-state index contributed by atoms with van der Waals surface area (Å²) in [6.45, 7) is 0. The Labute approximate surface area is 75.0 Å². The van der Waals surface area contributed by atoms with Crippen molar-refractivity contribution in [2.75, 3.05) is 0 Å². The molecule has 70 valence electrons. The van der Waals surface area contributed by atoms with Gasteiger partial charge < -0.3 is 10.7 Å². The normalized spacial score (nSPS) is 25.8. The van der Waals surface area contributed by atoms with Crippen molar-refractivity contribution in [3.05, 3.63) is 24.0 Å².